The van der Waals surface area contributed by atoms with Crippen LogP contribution in [0.15, 0.2) is 12.2 Å². The Balaban J connectivity index is 2.95. The Morgan fingerprint density at radius 2 is 1.70 bits per heavy atom. The van der Waals surface area contributed by atoms with Gasteiger partial charge in [0.25, 0.3) is 0 Å². The van der Waals surface area contributed by atoms with Crippen LogP contribution in [0.25, 0.3) is 0 Å². The van der Waals surface area contributed by atoms with Gasteiger partial charge in [-0.25, -0.2) is 9.69 Å². The van der Waals surface area contributed by atoms with Crippen LogP contribution in [0.2, 0.25) is 0 Å². The molecule has 0 bridgehead atoms. The Morgan fingerprint density at radius 3 is 2.24 bits per heavy atom. The molecule has 186 valence electrons. The number of nitrogens with zero attached hydrogens (tertiary/aromatic N) is 1. The Morgan fingerprint density at radius 1 is 1.09 bits per heavy atom. The van der Waals surface area contributed by atoms with Gasteiger partial charge in [0, 0.05) is 20.0 Å². The largest absolute Gasteiger partial charge is 0.453 e. The number of ketones is 2. The minimum absolute atomic E-state index is 0.111. The van der Waals surface area contributed by atoms with Crippen LogP contribution in [0, 0.1) is 11.8 Å². The molecule has 3 atom stereocenters. The van der Waals surface area contributed by atoms with Crippen molar-refractivity contribution in [3.63, 3.8) is 0 Å². The van der Waals surface area contributed by atoms with E-state index in [1.807, 2.05) is 13.8 Å². The first-order valence-electron chi connectivity index (χ1n) is 11.4. The number of unbranched alkanes of at least 4 members (excludes halogenated alkanes) is 3. The zero-order chi connectivity index (χ0) is 25.3. The van der Waals surface area contributed by atoms with Gasteiger partial charge in [-0.2, -0.15) is 0 Å². The highest BCUT2D eigenvalue weighted by molar-refractivity contribution is 6.04. The summed E-state index contributed by atoms with van der Waals surface area (Å²) in [5.74, 6) is -3.71. The summed E-state index contributed by atoms with van der Waals surface area (Å²) in [7, 11) is 0. The second-order valence-corrected chi connectivity index (χ2v) is 9.28. The first kappa shape index (κ1) is 28.5. The third-order valence-corrected chi connectivity index (χ3v) is 5.59. The van der Waals surface area contributed by atoms with Gasteiger partial charge in [-0.15, -0.1) is 0 Å². The summed E-state index contributed by atoms with van der Waals surface area (Å²) in [6.45, 7) is 9.75. The lowest BCUT2D eigenvalue weighted by molar-refractivity contribution is -0.158. The number of allylic oxidation sites excluding steroid dienone is 1. The number of esters is 1. The van der Waals surface area contributed by atoms with Gasteiger partial charge in [0.2, 0.25) is 5.91 Å². The Hall–Kier alpha value is -2.55. The molecule has 1 saturated heterocycles. The number of ether oxygens (including phenoxy) is 2. The van der Waals surface area contributed by atoms with Crippen LogP contribution in [0.1, 0.15) is 73.6 Å². The second kappa shape index (κ2) is 12.6. The fraction of sp³-hybridized carbons (Fsp3) is 0.708. The molecular weight excluding hydrogens is 430 g/mol. The number of carbonyl (C=O) groups excluding carboxylic acids is 5. The van der Waals surface area contributed by atoms with Gasteiger partial charge in [-0.05, 0) is 51.7 Å². The maximum absolute atomic E-state index is 13.2. The summed E-state index contributed by atoms with van der Waals surface area (Å²) >= 11 is 0. The number of hydrogen-bond donors (Lipinski definition) is 1. The minimum Gasteiger partial charge on any atom is -0.453 e. The molecule has 3 unspecified atom stereocenters. The van der Waals surface area contributed by atoms with Crippen molar-refractivity contribution in [1.82, 2.24) is 4.90 Å². The molecular formula is C24H37NO8. The van der Waals surface area contributed by atoms with E-state index >= 15 is 0 Å². The van der Waals surface area contributed by atoms with Crippen LogP contribution in [-0.2, 0) is 28.7 Å². The highest BCUT2D eigenvalue weighted by atomic mass is 16.6. The number of hydrogen-bond acceptors (Lipinski definition) is 8. The lowest BCUT2D eigenvalue weighted by atomic mass is 9.87. The molecule has 0 aliphatic carbocycles. The Bertz CT molecular complexity index is 770. The number of aliphatic hydroxyl groups is 1. The predicted octanol–water partition coefficient (Wildman–Crippen LogP) is 2.97. The van der Waals surface area contributed by atoms with Crippen molar-refractivity contribution >= 4 is 29.5 Å². The van der Waals surface area contributed by atoms with E-state index in [2.05, 4.69) is 0 Å². The van der Waals surface area contributed by atoms with Gasteiger partial charge < -0.3 is 14.6 Å². The molecule has 1 fully saturated rings. The van der Waals surface area contributed by atoms with E-state index in [-0.39, 0.29) is 24.7 Å². The molecule has 0 aromatic heterocycles. The molecule has 1 N–H and O–H groups in total. The summed E-state index contributed by atoms with van der Waals surface area (Å²) in [6.07, 6.45) is 2.99. The molecule has 2 amide bonds. The smallest absolute Gasteiger partial charge is 0.417 e. The van der Waals surface area contributed by atoms with E-state index in [4.69, 9.17) is 14.6 Å². The maximum Gasteiger partial charge on any atom is 0.417 e. The quantitative estimate of drug-likeness (QED) is 0.249. The standard InChI is InChI=1S/C24H37NO8/c1-15(2)21-24(5,6)33-23(31)25(21)22(30)16(3)20(32-17(4)27)19(29)13-12-18(28)11-9-7-8-10-14-26/h12-13,15-16,20-21,26H,7-11,14H2,1-6H3. The molecule has 0 aromatic carbocycles. The number of cyclic esters (lactones) is 1. The normalized spacial score (nSPS) is 19.5. The maximum atomic E-state index is 13.2. The summed E-state index contributed by atoms with van der Waals surface area (Å²) in [5, 5.41) is 8.77. The average Bonchev–Trinajstić information content (AvgIpc) is 2.97. The molecule has 1 aliphatic heterocycles. The highest BCUT2D eigenvalue weighted by Crippen LogP contribution is 2.35. The zero-order valence-corrected chi connectivity index (χ0v) is 20.5. The molecule has 0 radical (unpaired) electrons. The van der Waals surface area contributed by atoms with Crippen LogP contribution >= 0.6 is 0 Å². The number of imide groups is 1. The van der Waals surface area contributed by atoms with Gasteiger partial charge in [0.05, 0.1) is 12.0 Å². The molecule has 1 heterocycles. The molecule has 1 aliphatic rings. The number of amides is 2. The zero-order valence-electron chi connectivity index (χ0n) is 20.5. The van der Waals surface area contributed by atoms with Crippen molar-refractivity contribution in [2.75, 3.05) is 6.61 Å². The number of rotatable bonds is 13. The van der Waals surface area contributed by atoms with E-state index in [1.165, 1.54) is 6.92 Å². The van der Waals surface area contributed by atoms with E-state index < -0.39 is 47.4 Å². The van der Waals surface area contributed by atoms with Crippen molar-refractivity contribution in [3.05, 3.63) is 12.2 Å². The average molecular weight is 468 g/mol. The lowest BCUT2D eigenvalue weighted by Crippen LogP contribution is -2.52. The summed E-state index contributed by atoms with van der Waals surface area (Å²) < 4.78 is 10.5. The van der Waals surface area contributed by atoms with Gasteiger partial charge in [0.1, 0.15) is 5.60 Å². The fourth-order valence-corrected chi connectivity index (χ4v) is 4.14. The first-order chi connectivity index (χ1) is 15.3. The summed E-state index contributed by atoms with van der Waals surface area (Å²) in [5.41, 5.74) is -0.912. The van der Waals surface area contributed by atoms with Crippen molar-refractivity contribution in [2.45, 2.75) is 91.4 Å². The second-order valence-electron chi connectivity index (χ2n) is 9.28. The van der Waals surface area contributed by atoms with Crippen LogP contribution in [0.3, 0.4) is 0 Å². The number of carbonyl (C=O) groups is 5. The van der Waals surface area contributed by atoms with Gasteiger partial charge in [-0.1, -0.05) is 26.7 Å². The van der Waals surface area contributed by atoms with E-state index in [0.29, 0.717) is 12.8 Å². The molecule has 0 spiro atoms. The van der Waals surface area contributed by atoms with E-state index in [1.54, 1.807) is 13.8 Å². The monoisotopic (exact) mass is 467 g/mol. The van der Waals surface area contributed by atoms with Crippen LogP contribution < -0.4 is 0 Å². The van der Waals surface area contributed by atoms with Crippen molar-refractivity contribution < 1.29 is 38.6 Å². The van der Waals surface area contributed by atoms with Crippen molar-refractivity contribution in [2.24, 2.45) is 11.8 Å². The third-order valence-electron chi connectivity index (χ3n) is 5.59. The lowest BCUT2D eigenvalue weighted by Gasteiger charge is -2.33. The van der Waals surface area contributed by atoms with Crippen molar-refractivity contribution in [1.29, 1.82) is 0 Å². The van der Waals surface area contributed by atoms with Gasteiger partial charge in [-0.3, -0.25) is 19.2 Å². The summed E-state index contributed by atoms with van der Waals surface area (Å²) in [6, 6.07) is -0.559. The van der Waals surface area contributed by atoms with E-state index in [0.717, 1.165) is 36.8 Å². The molecule has 9 nitrogen and oxygen atoms in total. The molecule has 9 heteroatoms. The molecule has 33 heavy (non-hydrogen) atoms. The fourth-order valence-electron chi connectivity index (χ4n) is 4.14. The SMILES string of the molecule is CC(=O)OC(C(=O)C=CC(=O)CCCCCCO)C(C)C(=O)N1C(=O)OC(C)(C)C1C(C)C. The van der Waals surface area contributed by atoms with Crippen LogP contribution in [0.5, 0.6) is 0 Å². The highest BCUT2D eigenvalue weighted by Gasteiger charge is 2.53. The Kier molecular flexibility index (Phi) is 10.9. The Labute approximate surface area is 195 Å². The topological polar surface area (TPSA) is 127 Å². The molecule has 1 rings (SSSR count). The molecule has 0 aromatic rings. The third kappa shape index (κ3) is 8.07. The minimum atomic E-state index is -1.48. The van der Waals surface area contributed by atoms with Crippen LogP contribution in [0.4, 0.5) is 4.79 Å². The predicted molar refractivity (Wildman–Crippen MR) is 120 cm³/mol. The van der Waals surface area contributed by atoms with Crippen molar-refractivity contribution in [3.8, 4) is 0 Å². The van der Waals surface area contributed by atoms with Gasteiger partial charge >= 0.3 is 12.1 Å². The first-order valence-corrected chi connectivity index (χ1v) is 11.4. The van der Waals surface area contributed by atoms with Gasteiger partial charge in [0.15, 0.2) is 17.7 Å². The number of aliphatic hydroxyl groups excluding tert-OH is 1. The molecule has 0 saturated carbocycles. The van der Waals surface area contributed by atoms with E-state index in [9.17, 15) is 24.0 Å². The summed E-state index contributed by atoms with van der Waals surface area (Å²) in [4.78, 5) is 63.1. The van der Waals surface area contributed by atoms with Crippen LogP contribution in [-0.4, -0.2) is 63.9 Å².